The molecular weight excluding hydrogens is 380 g/mol. The lowest BCUT2D eigenvalue weighted by Gasteiger charge is -2.30. The summed E-state index contributed by atoms with van der Waals surface area (Å²) >= 11 is 1.51. The van der Waals surface area contributed by atoms with Crippen LogP contribution < -0.4 is 5.32 Å². The van der Waals surface area contributed by atoms with Crippen LogP contribution in [-0.4, -0.2) is 85.9 Å². The van der Waals surface area contributed by atoms with Gasteiger partial charge >= 0.3 is 6.09 Å². The fourth-order valence-corrected chi connectivity index (χ4v) is 4.30. The number of amides is 2. The Bertz CT molecular complexity index is 703. The van der Waals surface area contributed by atoms with Gasteiger partial charge in [-0.25, -0.2) is 9.78 Å². The van der Waals surface area contributed by atoms with Gasteiger partial charge in [-0.1, -0.05) is 5.92 Å². The van der Waals surface area contributed by atoms with Crippen LogP contribution in [0.2, 0.25) is 0 Å². The largest absolute Gasteiger partial charge is 0.436 e. The Morgan fingerprint density at radius 1 is 1.32 bits per heavy atom. The summed E-state index contributed by atoms with van der Waals surface area (Å²) in [6.07, 6.45) is 6.35. The van der Waals surface area contributed by atoms with Crippen molar-refractivity contribution in [3.8, 4) is 12.3 Å². The van der Waals surface area contributed by atoms with E-state index < -0.39 is 0 Å². The highest BCUT2D eigenvalue weighted by Gasteiger charge is 2.27. The van der Waals surface area contributed by atoms with Crippen LogP contribution >= 0.6 is 11.3 Å². The van der Waals surface area contributed by atoms with Crippen molar-refractivity contribution < 1.29 is 19.1 Å². The molecule has 8 nitrogen and oxygen atoms in total. The normalized spacial score (nSPS) is 18.5. The van der Waals surface area contributed by atoms with Crippen molar-refractivity contribution in [2.75, 3.05) is 59.1 Å². The van der Waals surface area contributed by atoms with Crippen LogP contribution in [0.25, 0.3) is 0 Å². The average molecular weight is 407 g/mol. The summed E-state index contributed by atoms with van der Waals surface area (Å²) in [5.41, 5.74) is 0.470. The number of hydrogen-bond donors (Lipinski definition) is 1. The van der Waals surface area contributed by atoms with Crippen molar-refractivity contribution in [3.63, 3.8) is 0 Å². The highest BCUT2D eigenvalue weighted by atomic mass is 32.1. The van der Waals surface area contributed by atoms with E-state index >= 15 is 0 Å². The third-order valence-electron chi connectivity index (χ3n) is 4.95. The number of likely N-dealkylation sites (tertiary alicyclic amines) is 1. The van der Waals surface area contributed by atoms with Crippen LogP contribution in [0.5, 0.6) is 0 Å². The second-order valence-corrected chi connectivity index (χ2v) is 7.69. The number of nitrogens with zero attached hydrogens (tertiary/aromatic N) is 3. The maximum Gasteiger partial charge on any atom is 0.410 e. The zero-order chi connectivity index (χ0) is 19.8. The van der Waals surface area contributed by atoms with E-state index in [-0.39, 0.29) is 24.5 Å². The van der Waals surface area contributed by atoms with Gasteiger partial charge in [0, 0.05) is 50.6 Å². The number of piperidine rings is 1. The first kappa shape index (κ1) is 20.6. The fraction of sp³-hybridized carbons (Fsp3) is 0.632. The second-order valence-electron chi connectivity index (χ2n) is 6.80. The van der Waals surface area contributed by atoms with E-state index in [2.05, 4.69) is 21.1 Å². The Morgan fingerprint density at radius 3 is 2.79 bits per heavy atom. The van der Waals surface area contributed by atoms with E-state index in [0.29, 0.717) is 25.3 Å². The number of carbonyl (C=O) groups is 2. The van der Waals surface area contributed by atoms with Crippen molar-refractivity contribution >= 4 is 23.3 Å². The minimum absolute atomic E-state index is 0.00471. The lowest BCUT2D eigenvalue weighted by molar-refractivity contribution is 0.0383. The molecule has 3 heterocycles. The van der Waals surface area contributed by atoms with E-state index in [1.165, 1.54) is 11.3 Å². The minimum Gasteiger partial charge on any atom is -0.436 e. The van der Waals surface area contributed by atoms with Gasteiger partial charge in [0.1, 0.15) is 5.69 Å². The molecule has 0 atom stereocenters. The molecule has 1 aromatic rings. The lowest BCUT2D eigenvalue weighted by atomic mass is 9.98. The number of nitrogens with one attached hydrogen (secondary N) is 1. The SMILES string of the molecule is C#CCOC(=O)N1CCC(c2nc(C(=O)NCCN3CCOCC3)cs2)CC1. The summed E-state index contributed by atoms with van der Waals surface area (Å²) < 4.78 is 10.3. The molecule has 0 radical (unpaired) electrons. The number of hydrogen-bond acceptors (Lipinski definition) is 7. The van der Waals surface area contributed by atoms with Gasteiger partial charge in [0.25, 0.3) is 5.91 Å². The molecule has 0 aliphatic carbocycles. The summed E-state index contributed by atoms with van der Waals surface area (Å²) in [6.45, 7) is 5.95. The van der Waals surface area contributed by atoms with Crippen LogP contribution in [0.1, 0.15) is 34.3 Å². The number of terminal acetylenes is 1. The van der Waals surface area contributed by atoms with Gasteiger partial charge in [-0.3, -0.25) is 9.69 Å². The second kappa shape index (κ2) is 10.4. The molecule has 9 heteroatoms. The quantitative estimate of drug-likeness (QED) is 0.714. The highest BCUT2D eigenvalue weighted by Crippen LogP contribution is 2.30. The molecule has 0 unspecified atom stereocenters. The predicted molar refractivity (Wildman–Crippen MR) is 105 cm³/mol. The minimum atomic E-state index is -0.365. The molecule has 0 saturated carbocycles. The Balaban J connectivity index is 1.42. The van der Waals surface area contributed by atoms with Crippen molar-refractivity contribution in [2.45, 2.75) is 18.8 Å². The third kappa shape index (κ3) is 5.67. The van der Waals surface area contributed by atoms with E-state index in [4.69, 9.17) is 15.9 Å². The number of ether oxygens (including phenoxy) is 2. The van der Waals surface area contributed by atoms with Gasteiger partial charge in [0.05, 0.1) is 18.2 Å². The van der Waals surface area contributed by atoms with E-state index in [1.807, 2.05) is 5.38 Å². The number of thiazole rings is 1. The van der Waals surface area contributed by atoms with E-state index in [9.17, 15) is 9.59 Å². The van der Waals surface area contributed by atoms with Gasteiger partial charge in [0.2, 0.25) is 0 Å². The van der Waals surface area contributed by atoms with Crippen molar-refractivity contribution in [2.24, 2.45) is 0 Å². The molecule has 2 fully saturated rings. The van der Waals surface area contributed by atoms with Crippen molar-refractivity contribution in [3.05, 3.63) is 16.1 Å². The van der Waals surface area contributed by atoms with Gasteiger partial charge < -0.3 is 19.7 Å². The molecule has 0 spiro atoms. The zero-order valence-corrected chi connectivity index (χ0v) is 16.7. The van der Waals surface area contributed by atoms with Crippen LogP contribution in [0.3, 0.4) is 0 Å². The first-order chi connectivity index (χ1) is 13.7. The molecule has 152 valence electrons. The topological polar surface area (TPSA) is 84.0 Å². The van der Waals surface area contributed by atoms with Gasteiger partial charge in [-0.05, 0) is 12.8 Å². The van der Waals surface area contributed by atoms with E-state index in [1.54, 1.807) is 4.90 Å². The molecule has 2 saturated heterocycles. The number of carbonyl (C=O) groups excluding carboxylic acids is 2. The van der Waals surface area contributed by atoms with Gasteiger partial charge in [-0.15, -0.1) is 17.8 Å². The Labute approximate surface area is 169 Å². The maximum atomic E-state index is 12.3. The summed E-state index contributed by atoms with van der Waals surface area (Å²) in [6, 6.07) is 0. The van der Waals surface area contributed by atoms with Gasteiger partial charge in [0.15, 0.2) is 6.61 Å². The lowest BCUT2D eigenvalue weighted by Crippen LogP contribution is -2.41. The molecule has 0 bridgehead atoms. The Morgan fingerprint density at radius 2 is 2.07 bits per heavy atom. The Hall–Kier alpha value is -2.15. The number of rotatable bonds is 6. The molecule has 2 aliphatic heterocycles. The number of aromatic nitrogens is 1. The molecule has 0 aromatic carbocycles. The third-order valence-corrected chi connectivity index (χ3v) is 5.96. The maximum absolute atomic E-state index is 12.3. The number of morpholine rings is 1. The first-order valence-corrected chi connectivity index (χ1v) is 10.4. The van der Waals surface area contributed by atoms with Crippen molar-refractivity contribution in [1.82, 2.24) is 20.1 Å². The molecular formula is C19H26N4O4S. The smallest absolute Gasteiger partial charge is 0.410 e. The fourth-order valence-electron chi connectivity index (χ4n) is 3.33. The van der Waals surface area contributed by atoms with Crippen LogP contribution in [0.4, 0.5) is 4.79 Å². The molecule has 1 N–H and O–H groups in total. The predicted octanol–water partition coefficient (Wildman–Crippen LogP) is 1.15. The average Bonchev–Trinajstić information content (AvgIpc) is 3.23. The van der Waals surface area contributed by atoms with E-state index in [0.717, 1.165) is 50.7 Å². The summed E-state index contributed by atoms with van der Waals surface area (Å²) in [5, 5.41) is 5.71. The first-order valence-electron chi connectivity index (χ1n) is 9.56. The summed E-state index contributed by atoms with van der Waals surface area (Å²) in [7, 11) is 0. The summed E-state index contributed by atoms with van der Waals surface area (Å²) in [4.78, 5) is 32.6. The summed E-state index contributed by atoms with van der Waals surface area (Å²) in [5.74, 6) is 2.42. The Kier molecular flexibility index (Phi) is 7.65. The molecule has 28 heavy (non-hydrogen) atoms. The molecule has 1 aromatic heterocycles. The van der Waals surface area contributed by atoms with Gasteiger partial charge in [-0.2, -0.15) is 0 Å². The van der Waals surface area contributed by atoms with Crippen molar-refractivity contribution in [1.29, 1.82) is 0 Å². The molecule has 2 aliphatic rings. The standard InChI is InChI=1S/C19H26N4O4S/c1-2-11-27-19(25)23-6-3-15(4-7-23)18-21-16(14-28-18)17(24)20-5-8-22-9-12-26-13-10-22/h1,14-15H,3-13H2,(H,20,24). The van der Waals surface area contributed by atoms with Crippen LogP contribution in [0, 0.1) is 12.3 Å². The monoisotopic (exact) mass is 406 g/mol. The zero-order valence-electron chi connectivity index (χ0n) is 15.9. The van der Waals surface area contributed by atoms with Crippen LogP contribution in [-0.2, 0) is 9.47 Å². The highest BCUT2D eigenvalue weighted by molar-refractivity contribution is 7.09. The molecule has 3 rings (SSSR count). The van der Waals surface area contributed by atoms with Crippen LogP contribution in [0.15, 0.2) is 5.38 Å². The molecule has 2 amide bonds.